The van der Waals surface area contributed by atoms with Gasteiger partial charge in [0.15, 0.2) is 0 Å². The summed E-state index contributed by atoms with van der Waals surface area (Å²) in [7, 11) is 3.19. The molecule has 0 unspecified atom stereocenters. The van der Waals surface area contributed by atoms with E-state index in [1.807, 2.05) is 48.5 Å². The zero-order valence-electron chi connectivity index (χ0n) is 13.8. The van der Waals surface area contributed by atoms with Gasteiger partial charge < -0.3 is 14.5 Å². The number of H-pyrrole nitrogens is 1. The van der Waals surface area contributed by atoms with Gasteiger partial charge in [-0.05, 0) is 59.7 Å². The first-order chi connectivity index (χ1) is 12.2. The Hall–Kier alpha value is -3.70. The van der Waals surface area contributed by atoms with Crippen molar-refractivity contribution in [2.24, 2.45) is 0 Å². The van der Waals surface area contributed by atoms with Crippen molar-refractivity contribution in [2.45, 2.75) is 0 Å². The molecule has 1 heterocycles. The Labute approximate surface area is 145 Å². The van der Waals surface area contributed by atoms with Gasteiger partial charge in [0, 0.05) is 0 Å². The quantitative estimate of drug-likeness (QED) is 0.781. The Bertz CT molecular complexity index is 892. The van der Waals surface area contributed by atoms with Gasteiger partial charge in [-0.1, -0.05) is 0 Å². The number of methoxy groups -OCH3 is 2. The van der Waals surface area contributed by atoms with Crippen LogP contribution in [-0.2, 0) is 0 Å². The minimum absolute atomic E-state index is 0.332. The first-order valence-electron chi connectivity index (χ1n) is 7.56. The topological polar surface area (TPSA) is 81.8 Å². The lowest BCUT2D eigenvalue weighted by molar-refractivity contribution is 0.415. The van der Waals surface area contributed by atoms with Crippen molar-refractivity contribution in [3.63, 3.8) is 0 Å². The molecule has 0 spiro atoms. The standard InChI is InChI=1S/C20H15N3O2/c1-24-15-7-3-13(4-8-15)19-17(11-21)18(12-22)20(23-19)14-5-9-16(25-2)10-6-14/h3-10,23H,1-2H3. The molecule has 0 bridgehead atoms. The highest BCUT2D eigenvalue weighted by atomic mass is 16.5. The van der Waals surface area contributed by atoms with E-state index in [1.165, 1.54) is 0 Å². The fraction of sp³-hybridized carbons (Fsp3) is 0.100. The number of nitriles is 2. The maximum absolute atomic E-state index is 9.57. The SMILES string of the molecule is COc1ccc(-c2[nH]c(-c3ccc(OC)cc3)c(C#N)c2C#N)cc1. The van der Waals surface area contributed by atoms with E-state index in [2.05, 4.69) is 17.1 Å². The third kappa shape index (κ3) is 2.91. The van der Waals surface area contributed by atoms with Gasteiger partial charge in [-0.25, -0.2) is 0 Å². The van der Waals surface area contributed by atoms with E-state index in [0.29, 0.717) is 22.5 Å². The molecule has 0 atom stereocenters. The molecule has 122 valence electrons. The molecule has 3 rings (SSSR count). The Balaban J connectivity index is 2.15. The van der Waals surface area contributed by atoms with Crippen molar-refractivity contribution in [2.75, 3.05) is 14.2 Å². The van der Waals surface area contributed by atoms with E-state index in [0.717, 1.165) is 22.6 Å². The van der Waals surface area contributed by atoms with Crippen LogP contribution in [0.2, 0.25) is 0 Å². The summed E-state index contributed by atoms with van der Waals surface area (Å²) in [6.07, 6.45) is 0. The summed E-state index contributed by atoms with van der Waals surface area (Å²) in [6, 6.07) is 19.0. The number of ether oxygens (including phenoxy) is 2. The van der Waals surface area contributed by atoms with E-state index < -0.39 is 0 Å². The lowest BCUT2D eigenvalue weighted by Gasteiger charge is -2.03. The maximum Gasteiger partial charge on any atom is 0.118 e. The second kappa shape index (κ2) is 6.82. The number of hydrogen-bond acceptors (Lipinski definition) is 4. The Morgan fingerprint density at radius 3 is 1.32 bits per heavy atom. The largest absolute Gasteiger partial charge is 0.497 e. The number of nitrogens with zero attached hydrogens (tertiary/aromatic N) is 2. The molecule has 25 heavy (non-hydrogen) atoms. The van der Waals surface area contributed by atoms with E-state index in [-0.39, 0.29) is 0 Å². The minimum atomic E-state index is 0.332. The van der Waals surface area contributed by atoms with Crippen LogP contribution in [0, 0.1) is 22.7 Å². The molecule has 1 N–H and O–H groups in total. The summed E-state index contributed by atoms with van der Waals surface area (Å²) in [5.41, 5.74) is 3.53. The average Bonchev–Trinajstić information content (AvgIpc) is 3.06. The first-order valence-corrected chi connectivity index (χ1v) is 7.56. The Kier molecular flexibility index (Phi) is 4.41. The van der Waals surface area contributed by atoms with Crippen LogP contribution in [0.25, 0.3) is 22.5 Å². The molecule has 3 aromatic rings. The summed E-state index contributed by atoms with van der Waals surface area (Å²) < 4.78 is 10.3. The van der Waals surface area contributed by atoms with Crippen LogP contribution in [0.4, 0.5) is 0 Å². The summed E-state index contributed by atoms with van der Waals surface area (Å²) in [5.74, 6) is 1.45. The second-order valence-electron chi connectivity index (χ2n) is 5.31. The minimum Gasteiger partial charge on any atom is -0.497 e. The van der Waals surface area contributed by atoms with Crippen LogP contribution in [0.5, 0.6) is 11.5 Å². The number of hydrogen-bond donors (Lipinski definition) is 1. The van der Waals surface area contributed by atoms with Gasteiger partial charge in [-0.15, -0.1) is 0 Å². The lowest BCUT2D eigenvalue weighted by Crippen LogP contribution is -1.85. The monoisotopic (exact) mass is 329 g/mol. The summed E-state index contributed by atoms with van der Waals surface area (Å²) in [5, 5.41) is 19.1. The van der Waals surface area contributed by atoms with Crippen molar-refractivity contribution < 1.29 is 9.47 Å². The van der Waals surface area contributed by atoms with Gasteiger partial charge in [0.25, 0.3) is 0 Å². The van der Waals surface area contributed by atoms with Crippen molar-refractivity contribution in [3.05, 3.63) is 59.7 Å². The molecule has 2 aromatic carbocycles. The van der Waals surface area contributed by atoms with Gasteiger partial charge in [-0.2, -0.15) is 10.5 Å². The van der Waals surface area contributed by atoms with Crippen LogP contribution in [0.3, 0.4) is 0 Å². The van der Waals surface area contributed by atoms with E-state index in [9.17, 15) is 10.5 Å². The summed E-state index contributed by atoms with van der Waals surface area (Å²) in [6.45, 7) is 0. The molecule has 0 saturated heterocycles. The highest BCUT2D eigenvalue weighted by Crippen LogP contribution is 2.34. The molecular weight excluding hydrogens is 314 g/mol. The molecule has 0 aliphatic carbocycles. The molecule has 0 fully saturated rings. The van der Waals surface area contributed by atoms with Gasteiger partial charge in [-0.3, -0.25) is 0 Å². The smallest absolute Gasteiger partial charge is 0.118 e. The number of aromatic nitrogens is 1. The molecule has 0 amide bonds. The number of benzene rings is 2. The van der Waals surface area contributed by atoms with Gasteiger partial charge >= 0.3 is 0 Å². The van der Waals surface area contributed by atoms with E-state index >= 15 is 0 Å². The zero-order chi connectivity index (χ0) is 17.8. The molecular formula is C20H15N3O2. The van der Waals surface area contributed by atoms with Crippen LogP contribution >= 0.6 is 0 Å². The van der Waals surface area contributed by atoms with Crippen molar-refractivity contribution in [1.82, 2.24) is 4.98 Å². The van der Waals surface area contributed by atoms with Gasteiger partial charge in [0.1, 0.15) is 23.6 Å². The number of nitrogens with one attached hydrogen (secondary N) is 1. The highest BCUT2D eigenvalue weighted by molar-refractivity contribution is 5.81. The van der Waals surface area contributed by atoms with Crippen LogP contribution in [0.1, 0.15) is 11.1 Å². The predicted octanol–water partition coefficient (Wildman–Crippen LogP) is 4.11. The average molecular weight is 329 g/mol. The fourth-order valence-electron chi connectivity index (χ4n) is 2.67. The third-order valence-electron chi connectivity index (χ3n) is 3.98. The van der Waals surface area contributed by atoms with Crippen molar-refractivity contribution in [1.29, 1.82) is 10.5 Å². The summed E-state index contributed by atoms with van der Waals surface area (Å²) in [4.78, 5) is 3.23. The Morgan fingerprint density at radius 1 is 0.680 bits per heavy atom. The maximum atomic E-state index is 9.57. The van der Waals surface area contributed by atoms with Gasteiger partial charge in [0.05, 0.1) is 36.7 Å². The number of aromatic amines is 1. The first kappa shape index (κ1) is 16.2. The lowest BCUT2D eigenvalue weighted by atomic mass is 10.0. The molecule has 5 heteroatoms. The number of rotatable bonds is 4. The van der Waals surface area contributed by atoms with Crippen LogP contribution in [0.15, 0.2) is 48.5 Å². The third-order valence-corrected chi connectivity index (χ3v) is 3.98. The predicted molar refractivity (Wildman–Crippen MR) is 94.2 cm³/mol. The van der Waals surface area contributed by atoms with Crippen LogP contribution < -0.4 is 9.47 Å². The zero-order valence-corrected chi connectivity index (χ0v) is 13.8. The van der Waals surface area contributed by atoms with Crippen molar-refractivity contribution in [3.8, 4) is 46.2 Å². The molecule has 0 saturated carbocycles. The normalized spacial score (nSPS) is 9.92. The molecule has 1 aromatic heterocycles. The fourth-order valence-corrected chi connectivity index (χ4v) is 2.67. The van der Waals surface area contributed by atoms with Crippen LogP contribution in [-0.4, -0.2) is 19.2 Å². The highest BCUT2D eigenvalue weighted by Gasteiger charge is 2.19. The molecule has 5 nitrogen and oxygen atoms in total. The Morgan fingerprint density at radius 2 is 1.04 bits per heavy atom. The van der Waals surface area contributed by atoms with Crippen molar-refractivity contribution >= 4 is 0 Å². The molecule has 0 aliphatic rings. The van der Waals surface area contributed by atoms with E-state index in [4.69, 9.17) is 9.47 Å². The summed E-state index contributed by atoms with van der Waals surface area (Å²) >= 11 is 0. The second-order valence-corrected chi connectivity index (χ2v) is 5.31. The molecule has 0 radical (unpaired) electrons. The van der Waals surface area contributed by atoms with E-state index in [1.54, 1.807) is 14.2 Å². The van der Waals surface area contributed by atoms with Gasteiger partial charge in [0.2, 0.25) is 0 Å². The molecule has 0 aliphatic heterocycles.